The molecule has 0 fully saturated rings. The van der Waals surface area contributed by atoms with E-state index in [0.29, 0.717) is 21.5 Å². The molecule has 1 N–H and O–H groups in total. The summed E-state index contributed by atoms with van der Waals surface area (Å²) in [5.41, 5.74) is 1.54. The molecule has 1 heterocycles. The maximum Gasteiger partial charge on any atom is 0.262 e. The Bertz CT molecular complexity index is 1040. The zero-order valence-electron chi connectivity index (χ0n) is 17.2. The molecule has 158 valence electrons. The van der Waals surface area contributed by atoms with Gasteiger partial charge in [-0.1, -0.05) is 23.2 Å². The maximum absolute atomic E-state index is 12.2. The number of nitrogens with zero attached hydrogens (tertiary/aromatic N) is 3. The van der Waals surface area contributed by atoms with Gasteiger partial charge in [0.05, 0.1) is 10.5 Å². The fraction of sp³-hybridized carbons (Fsp3) is 0.273. The Morgan fingerprint density at radius 3 is 2.57 bits per heavy atom. The number of nitrogens with one attached hydrogen (secondary N) is 1. The summed E-state index contributed by atoms with van der Waals surface area (Å²) >= 11 is 11.9. The van der Waals surface area contributed by atoms with Gasteiger partial charge in [0.2, 0.25) is 0 Å². The predicted molar refractivity (Wildman–Crippen MR) is 124 cm³/mol. The number of benzene rings is 2. The lowest BCUT2D eigenvalue weighted by atomic mass is 10.2. The van der Waals surface area contributed by atoms with E-state index >= 15 is 0 Å². The minimum absolute atomic E-state index is 0.159. The molecule has 0 unspecified atom stereocenters. The first-order valence-electron chi connectivity index (χ1n) is 9.46. The molecular formula is C22H24Cl2N4O2. The average molecular weight is 447 g/mol. The first-order chi connectivity index (χ1) is 14.3. The zero-order chi connectivity index (χ0) is 21.7. The first kappa shape index (κ1) is 22.2. The Morgan fingerprint density at radius 2 is 1.83 bits per heavy atom. The van der Waals surface area contributed by atoms with Crippen molar-refractivity contribution in [3.63, 3.8) is 0 Å². The fourth-order valence-electron chi connectivity index (χ4n) is 2.80. The number of fused-ring (bicyclic) bond motifs is 1. The van der Waals surface area contributed by atoms with Crippen LogP contribution in [0.3, 0.4) is 0 Å². The van der Waals surface area contributed by atoms with E-state index < -0.39 is 0 Å². The summed E-state index contributed by atoms with van der Waals surface area (Å²) in [6, 6.07) is 14.4. The molecule has 0 saturated carbocycles. The Labute approximate surface area is 186 Å². The molecule has 8 heteroatoms. The van der Waals surface area contributed by atoms with E-state index in [9.17, 15) is 4.79 Å². The predicted octanol–water partition coefficient (Wildman–Crippen LogP) is 4.56. The van der Waals surface area contributed by atoms with E-state index in [0.717, 1.165) is 29.8 Å². The van der Waals surface area contributed by atoms with Crippen molar-refractivity contribution >= 4 is 51.5 Å². The molecule has 0 aliphatic heterocycles. The quantitative estimate of drug-likeness (QED) is 0.549. The third-order valence-corrected chi connectivity index (χ3v) is 5.02. The lowest BCUT2D eigenvalue weighted by molar-refractivity contribution is -0.118. The van der Waals surface area contributed by atoms with Crippen molar-refractivity contribution < 1.29 is 9.53 Å². The number of aromatic nitrogens is 1. The van der Waals surface area contributed by atoms with Gasteiger partial charge in [0.15, 0.2) is 6.61 Å². The van der Waals surface area contributed by atoms with E-state index in [1.807, 2.05) is 51.5 Å². The molecule has 0 spiro atoms. The minimum Gasteiger partial charge on any atom is -0.482 e. The number of amides is 1. The third-order valence-electron chi connectivity index (χ3n) is 4.48. The first-order valence-corrected chi connectivity index (χ1v) is 10.2. The molecule has 3 aromatic rings. The van der Waals surface area contributed by atoms with Crippen LogP contribution in [0.2, 0.25) is 10.0 Å². The van der Waals surface area contributed by atoms with Gasteiger partial charge < -0.3 is 19.9 Å². The number of anilines is 2. The molecule has 0 aliphatic carbocycles. The number of ether oxygens (including phenoxy) is 1. The van der Waals surface area contributed by atoms with Crippen LogP contribution in [0.25, 0.3) is 10.9 Å². The summed E-state index contributed by atoms with van der Waals surface area (Å²) in [6.45, 7) is 1.68. The summed E-state index contributed by atoms with van der Waals surface area (Å²) in [6.07, 6.45) is 0. The highest BCUT2D eigenvalue weighted by atomic mass is 35.5. The summed E-state index contributed by atoms with van der Waals surface area (Å²) < 4.78 is 5.47. The van der Waals surface area contributed by atoms with Gasteiger partial charge >= 0.3 is 0 Å². The van der Waals surface area contributed by atoms with Crippen molar-refractivity contribution in [2.24, 2.45) is 0 Å². The molecule has 0 atom stereocenters. The second-order valence-electron chi connectivity index (χ2n) is 7.21. The number of hydrogen-bond donors (Lipinski definition) is 1. The Hall–Kier alpha value is -2.54. The number of likely N-dealkylation sites (N-methyl/N-ethyl adjacent to an activating group) is 2. The topological polar surface area (TPSA) is 57.7 Å². The molecule has 1 amide bonds. The Balaban J connectivity index is 1.62. The van der Waals surface area contributed by atoms with Gasteiger partial charge in [0, 0.05) is 36.2 Å². The van der Waals surface area contributed by atoms with Crippen molar-refractivity contribution in [3.8, 4) is 5.75 Å². The van der Waals surface area contributed by atoms with Crippen molar-refractivity contribution in [1.82, 2.24) is 9.88 Å². The van der Waals surface area contributed by atoms with Crippen molar-refractivity contribution in [1.29, 1.82) is 0 Å². The Morgan fingerprint density at radius 1 is 1.03 bits per heavy atom. The maximum atomic E-state index is 12.2. The molecule has 3 rings (SSSR count). The van der Waals surface area contributed by atoms with Crippen molar-refractivity contribution in [3.05, 3.63) is 58.6 Å². The SMILES string of the molecule is CN(C)CCN(C)c1ccc2cc(NC(=O)COc3ccc(Cl)cc3Cl)ccc2n1. The molecule has 30 heavy (non-hydrogen) atoms. The van der Waals surface area contributed by atoms with Crippen LogP contribution in [0, 0.1) is 0 Å². The Kier molecular flexibility index (Phi) is 7.37. The number of pyridine rings is 1. The number of rotatable bonds is 8. The molecule has 0 radical (unpaired) electrons. The van der Waals surface area contributed by atoms with E-state index in [1.165, 1.54) is 0 Å². The normalized spacial score (nSPS) is 11.0. The van der Waals surface area contributed by atoms with Crippen LogP contribution >= 0.6 is 23.2 Å². The van der Waals surface area contributed by atoms with Crippen LogP contribution in [-0.4, -0.2) is 56.6 Å². The standard InChI is InChI=1S/C22H24Cl2N4O2/c1-27(2)10-11-28(3)21-9-4-15-12-17(6-7-19(15)26-21)25-22(29)14-30-20-8-5-16(23)13-18(20)24/h4-9,12-13H,10-11,14H2,1-3H3,(H,25,29). The van der Waals surface area contributed by atoms with Crippen LogP contribution in [0.1, 0.15) is 0 Å². The van der Waals surface area contributed by atoms with Crippen molar-refractivity contribution in [2.75, 3.05) is 51.1 Å². The minimum atomic E-state index is -0.284. The third kappa shape index (κ3) is 5.98. The lowest BCUT2D eigenvalue weighted by Gasteiger charge is -2.20. The summed E-state index contributed by atoms with van der Waals surface area (Å²) in [4.78, 5) is 21.2. The van der Waals surface area contributed by atoms with E-state index in [2.05, 4.69) is 15.1 Å². The monoisotopic (exact) mass is 446 g/mol. The van der Waals surface area contributed by atoms with Gasteiger partial charge in [-0.3, -0.25) is 4.79 Å². The van der Waals surface area contributed by atoms with Gasteiger partial charge in [-0.2, -0.15) is 0 Å². The van der Waals surface area contributed by atoms with Gasteiger partial charge in [-0.15, -0.1) is 0 Å². The van der Waals surface area contributed by atoms with E-state index in [4.69, 9.17) is 32.9 Å². The number of halogens is 2. The molecule has 0 aliphatic rings. The van der Waals surface area contributed by atoms with E-state index in [-0.39, 0.29) is 12.5 Å². The van der Waals surface area contributed by atoms with Crippen molar-refractivity contribution in [2.45, 2.75) is 0 Å². The number of carbonyl (C=O) groups is 1. The van der Waals surface area contributed by atoms with Gasteiger partial charge in [0.1, 0.15) is 11.6 Å². The van der Waals surface area contributed by atoms with Crippen LogP contribution in [0.5, 0.6) is 5.75 Å². The number of hydrogen-bond acceptors (Lipinski definition) is 5. The fourth-order valence-corrected chi connectivity index (χ4v) is 3.27. The molecule has 6 nitrogen and oxygen atoms in total. The molecule has 0 saturated heterocycles. The molecular weight excluding hydrogens is 423 g/mol. The highest BCUT2D eigenvalue weighted by Crippen LogP contribution is 2.27. The van der Waals surface area contributed by atoms with Crippen LogP contribution in [0.4, 0.5) is 11.5 Å². The van der Waals surface area contributed by atoms with Gasteiger partial charge in [-0.25, -0.2) is 4.98 Å². The smallest absolute Gasteiger partial charge is 0.262 e. The molecule has 2 aromatic carbocycles. The largest absolute Gasteiger partial charge is 0.482 e. The van der Waals surface area contributed by atoms with E-state index in [1.54, 1.807) is 18.2 Å². The van der Waals surface area contributed by atoms with Gasteiger partial charge in [0.25, 0.3) is 5.91 Å². The van der Waals surface area contributed by atoms with Crippen LogP contribution in [0.15, 0.2) is 48.5 Å². The summed E-state index contributed by atoms with van der Waals surface area (Å²) in [5.74, 6) is 1.03. The summed E-state index contributed by atoms with van der Waals surface area (Å²) in [5, 5.41) is 4.64. The highest BCUT2D eigenvalue weighted by Gasteiger charge is 2.09. The van der Waals surface area contributed by atoms with Crippen LogP contribution < -0.4 is 15.0 Å². The summed E-state index contributed by atoms with van der Waals surface area (Å²) in [7, 11) is 6.12. The number of carbonyl (C=O) groups excluding carboxylic acids is 1. The average Bonchev–Trinajstić information content (AvgIpc) is 2.71. The highest BCUT2D eigenvalue weighted by molar-refractivity contribution is 6.35. The second-order valence-corrected chi connectivity index (χ2v) is 8.06. The second kappa shape index (κ2) is 9.98. The van der Waals surface area contributed by atoms with Crippen LogP contribution in [-0.2, 0) is 4.79 Å². The molecule has 1 aromatic heterocycles. The van der Waals surface area contributed by atoms with Gasteiger partial charge in [-0.05, 0) is 62.6 Å². The lowest BCUT2D eigenvalue weighted by Crippen LogP contribution is -2.28. The zero-order valence-corrected chi connectivity index (χ0v) is 18.7. The molecule has 0 bridgehead atoms.